The van der Waals surface area contributed by atoms with Crippen LogP contribution in [0.25, 0.3) is 0 Å². The fourth-order valence-electron chi connectivity index (χ4n) is 4.40. The van der Waals surface area contributed by atoms with E-state index in [2.05, 4.69) is 5.32 Å². The molecule has 3 atom stereocenters. The third kappa shape index (κ3) is 4.23. The Hall–Kier alpha value is -2.38. The number of nitrogens with one attached hydrogen (secondary N) is 1. The number of fused-ring (bicyclic) bond motifs is 1. The summed E-state index contributed by atoms with van der Waals surface area (Å²) in [5.74, 6) is 1.28. The predicted octanol–water partition coefficient (Wildman–Crippen LogP) is 2.76. The van der Waals surface area contributed by atoms with Crippen LogP contribution in [0.3, 0.4) is 0 Å². The highest BCUT2D eigenvalue weighted by atomic mass is 32.2. The summed E-state index contributed by atoms with van der Waals surface area (Å²) in [6, 6.07) is 14.6. The van der Waals surface area contributed by atoms with E-state index < -0.39 is 10.0 Å². The number of aryl methyl sites for hydroxylation is 1. The predicted molar refractivity (Wildman–Crippen MR) is 115 cm³/mol. The molecule has 7 heteroatoms. The minimum atomic E-state index is -3.48. The van der Waals surface area contributed by atoms with Crippen molar-refractivity contribution in [1.29, 1.82) is 0 Å². The molecule has 6 nitrogen and oxygen atoms in total. The third-order valence-electron chi connectivity index (χ3n) is 6.14. The Morgan fingerprint density at radius 3 is 2.47 bits per heavy atom. The first-order valence-electron chi connectivity index (χ1n) is 10.4. The second kappa shape index (κ2) is 8.40. The standard InChI is InChI=1S/C23H28N2O4S/c1-3-29-19-8-6-17(7-9-19)12-23(26)24-22-13-18-14-25(15-21(18)22)30(27,28)20-10-4-16(2)5-11-20/h4-11,18,21-22H,3,12-15H2,1-2H3,(H,24,26)/t18-,21+,22+/m1/s1. The third-order valence-corrected chi connectivity index (χ3v) is 7.98. The van der Waals surface area contributed by atoms with E-state index in [-0.39, 0.29) is 17.9 Å². The van der Waals surface area contributed by atoms with Gasteiger partial charge in [0.05, 0.1) is 17.9 Å². The molecule has 2 fully saturated rings. The lowest BCUT2D eigenvalue weighted by Gasteiger charge is -2.39. The van der Waals surface area contributed by atoms with E-state index in [0.717, 1.165) is 23.3 Å². The van der Waals surface area contributed by atoms with Crippen molar-refractivity contribution in [3.63, 3.8) is 0 Å². The first kappa shape index (κ1) is 20.9. The molecule has 4 rings (SSSR count). The van der Waals surface area contributed by atoms with Gasteiger partial charge in [0.2, 0.25) is 15.9 Å². The second-order valence-electron chi connectivity index (χ2n) is 8.22. The van der Waals surface area contributed by atoms with Crippen LogP contribution in [0, 0.1) is 18.8 Å². The molecule has 0 unspecified atom stereocenters. The Balaban J connectivity index is 1.32. The number of rotatable bonds is 7. The molecule has 0 bridgehead atoms. The zero-order chi connectivity index (χ0) is 21.3. The first-order valence-corrected chi connectivity index (χ1v) is 11.9. The van der Waals surface area contributed by atoms with Crippen molar-refractivity contribution in [2.24, 2.45) is 11.8 Å². The molecule has 1 aliphatic heterocycles. The van der Waals surface area contributed by atoms with Crippen molar-refractivity contribution in [1.82, 2.24) is 9.62 Å². The summed E-state index contributed by atoms with van der Waals surface area (Å²) in [7, 11) is -3.48. The van der Waals surface area contributed by atoms with Gasteiger partial charge in [-0.2, -0.15) is 4.31 Å². The lowest BCUT2D eigenvalue weighted by Crippen LogP contribution is -2.52. The minimum absolute atomic E-state index is 0.0255. The molecule has 2 aromatic rings. The van der Waals surface area contributed by atoms with Crippen molar-refractivity contribution in [2.45, 2.75) is 37.6 Å². The van der Waals surface area contributed by atoms with Gasteiger partial charge in [0.15, 0.2) is 0 Å². The highest BCUT2D eigenvalue weighted by molar-refractivity contribution is 7.89. The molecule has 2 aliphatic rings. The summed E-state index contributed by atoms with van der Waals surface area (Å²) < 4.78 is 32.9. The summed E-state index contributed by atoms with van der Waals surface area (Å²) >= 11 is 0. The van der Waals surface area contributed by atoms with Gasteiger partial charge in [-0.05, 0) is 61.9 Å². The van der Waals surface area contributed by atoms with Crippen LogP contribution in [0.1, 0.15) is 24.5 Å². The number of nitrogens with zero attached hydrogens (tertiary/aromatic N) is 1. The Morgan fingerprint density at radius 2 is 1.80 bits per heavy atom. The van der Waals surface area contributed by atoms with Crippen LogP contribution in [0.2, 0.25) is 0 Å². The summed E-state index contributed by atoms with van der Waals surface area (Å²) in [4.78, 5) is 12.8. The Morgan fingerprint density at radius 1 is 1.10 bits per heavy atom. The molecule has 0 spiro atoms. The SMILES string of the molecule is CCOc1ccc(CC(=O)N[C@H]2C[C@@H]3CN(S(=O)(=O)c4ccc(C)cc4)C[C@@H]32)cc1. The average Bonchev–Trinajstić information content (AvgIpc) is 3.06. The van der Waals surface area contributed by atoms with Crippen LogP contribution in [-0.4, -0.2) is 44.4 Å². The van der Waals surface area contributed by atoms with Gasteiger partial charge < -0.3 is 10.1 Å². The van der Waals surface area contributed by atoms with Gasteiger partial charge in [0, 0.05) is 19.1 Å². The van der Waals surface area contributed by atoms with Crippen LogP contribution >= 0.6 is 0 Å². The molecule has 160 valence electrons. The molecule has 1 saturated heterocycles. The lowest BCUT2D eigenvalue weighted by molar-refractivity contribution is -0.122. The van der Waals surface area contributed by atoms with Gasteiger partial charge in [0.25, 0.3) is 0 Å². The monoisotopic (exact) mass is 428 g/mol. The van der Waals surface area contributed by atoms with Crippen molar-refractivity contribution in [3.8, 4) is 5.75 Å². The van der Waals surface area contributed by atoms with E-state index in [0.29, 0.717) is 36.9 Å². The maximum absolute atomic E-state index is 12.9. The molecule has 0 aromatic heterocycles. The van der Waals surface area contributed by atoms with Crippen LogP contribution in [0.15, 0.2) is 53.4 Å². The van der Waals surface area contributed by atoms with Gasteiger partial charge in [-0.1, -0.05) is 29.8 Å². The topological polar surface area (TPSA) is 75.7 Å². The van der Waals surface area contributed by atoms with Gasteiger partial charge in [-0.3, -0.25) is 4.79 Å². The van der Waals surface area contributed by atoms with Crippen molar-refractivity contribution < 1.29 is 17.9 Å². The van der Waals surface area contributed by atoms with Crippen LogP contribution in [-0.2, 0) is 21.2 Å². The smallest absolute Gasteiger partial charge is 0.243 e. The van der Waals surface area contributed by atoms with E-state index in [4.69, 9.17) is 4.74 Å². The van der Waals surface area contributed by atoms with E-state index in [1.54, 1.807) is 16.4 Å². The first-order chi connectivity index (χ1) is 14.4. The molecule has 2 aromatic carbocycles. The van der Waals surface area contributed by atoms with Crippen molar-refractivity contribution in [3.05, 3.63) is 59.7 Å². The normalized spacial score (nSPS) is 23.5. The quantitative estimate of drug-likeness (QED) is 0.736. The number of ether oxygens (including phenoxy) is 1. The Labute approximate surface area is 178 Å². The maximum atomic E-state index is 12.9. The molecule has 1 aliphatic carbocycles. The molecule has 1 saturated carbocycles. The number of amides is 1. The largest absolute Gasteiger partial charge is 0.494 e. The van der Waals surface area contributed by atoms with Gasteiger partial charge >= 0.3 is 0 Å². The van der Waals surface area contributed by atoms with Gasteiger partial charge in [0.1, 0.15) is 5.75 Å². The number of hydrogen-bond donors (Lipinski definition) is 1. The Bertz CT molecular complexity index is 1000. The van der Waals surface area contributed by atoms with Crippen molar-refractivity contribution >= 4 is 15.9 Å². The van der Waals surface area contributed by atoms with Crippen LogP contribution in [0.5, 0.6) is 5.75 Å². The molecule has 1 amide bonds. The van der Waals surface area contributed by atoms with E-state index in [1.807, 2.05) is 50.2 Å². The van der Waals surface area contributed by atoms with Gasteiger partial charge in [-0.15, -0.1) is 0 Å². The number of carbonyl (C=O) groups is 1. The highest BCUT2D eigenvalue weighted by Crippen LogP contribution is 2.42. The second-order valence-corrected chi connectivity index (χ2v) is 10.2. The fraction of sp³-hybridized carbons (Fsp3) is 0.435. The molecule has 30 heavy (non-hydrogen) atoms. The molecular formula is C23H28N2O4S. The number of benzene rings is 2. The summed E-state index contributed by atoms with van der Waals surface area (Å²) in [6.45, 7) is 5.48. The van der Waals surface area contributed by atoms with E-state index in [9.17, 15) is 13.2 Å². The lowest BCUT2D eigenvalue weighted by atomic mass is 9.71. The number of carbonyl (C=O) groups excluding carboxylic acids is 1. The molecule has 1 heterocycles. The van der Waals surface area contributed by atoms with E-state index >= 15 is 0 Å². The highest BCUT2D eigenvalue weighted by Gasteiger charge is 2.50. The fourth-order valence-corrected chi connectivity index (χ4v) is 5.94. The Kier molecular flexibility index (Phi) is 5.84. The summed E-state index contributed by atoms with van der Waals surface area (Å²) in [5, 5.41) is 3.10. The number of hydrogen-bond acceptors (Lipinski definition) is 4. The molecular weight excluding hydrogens is 400 g/mol. The number of sulfonamides is 1. The molecule has 0 radical (unpaired) electrons. The minimum Gasteiger partial charge on any atom is -0.494 e. The summed E-state index contributed by atoms with van der Waals surface area (Å²) in [6.07, 6.45) is 1.14. The van der Waals surface area contributed by atoms with Crippen LogP contribution in [0.4, 0.5) is 0 Å². The molecule has 1 N–H and O–H groups in total. The summed E-state index contributed by atoms with van der Waals surface area (Å²) in [5.41, 5.74) is 1.97. The zero-order valence-corrected chi connectivity index (χ0v) is 18.2. The van der Waals surface area contributed by atoms with Gasteiger partial charge in [-0.25, -0.2) is 8.42 Å². The average molecular weight is 429 g/mol. The van der Waals surface area contributed by atoms with Crippen LogP contribution < -0.4 is 10.1 Å². The maximum Gasteiger partial charge on any atom is 0.243 e. The van der Waals surface area contributed by atoms with Crippen molar-refractivity contribution in [2.75, 3.05) is 19.7 Å². The van der Waals surface area contributed by atoms with E-state index in [1.165, 1.54) is 0 Å². The zero-order valence-electron chi connectivity index (χ0n) is 17.4.